The summed E-state index contributed by atoms with van der Waals surface area (Å²) in [6, 6.07) is 0. The zero-order valence-electron chi connectivity index (χ0n) is 13.2. The van der Waals surface area contributed by atoms with Crippen LogP contribution in [0.15, 0.2) is 11.6 Å². The lowest BCUT2D eigenvalue weighted by Crippen LogP contribution is -2.49. The van der Waals surface area contributed by atoms with Crippen LogP contribution in [0.3, 0.4) is 0 Å². The van der Waals surface area contributed by atoms with E-state index in [1.54, 1.807) is 7.11 Å². The van der Waals surface area contributed by atoms with Crippen LogP contribution in [-0.2, 0) is 9.53 Å². The van der Waals surface area contributed by atoms with Gasteiger partial charge in [-0.2, -0.15) is 0 Å². The molecule has 1 aliphatic heterocycles. The van der Waals surface area contributed by atoms with Crippen molar-refractivity contribution in [3.63, 3.8) is 0 Å². The van der Waals surface area contributed by atoms with Crippen LogP contribution < -0.4 is 5.32 Å². The molecule has 0 spiro atoms. The van der Waals surface area contributed by atoms with Gasteiger partial charge in [-0.3, -0.25) is 14.6 Å². The maximum absolute atomic E-state index is 11.8. The molecule has 1 heterocycles. The standard InChI is InChI=1S/C15H29N3O2/c1-14(2)5-7-17-8-10-18(11-9-17)13-15(19)16-6-4-12-20-3/h5H,4,6-13H2,1-3H3,(H,16,19). The third-order valence-electron chi connectivity index (χ3n) is 3.44. The number of hydrogen-bond acceptors (Lipinski definition) is 4. The fourth-order valence-corrected chi connectivity index (χ4v) is 2.14. The zero-order valence-corrected chi connectivity index (χ0v) is 13.2. The molecule has 0 radical (unpaired) electrons. The van der Waals surface area contributed by atoms with Crippen molar-refractivity contribution in [1.29, 1.82) is 0 Å². The Morgan fingerprint density at radius 3 is 2.45 bits per heavy atom. The molecule has 0 bridgehead atoms. The predicted octanol–water partition coefficient (Wildman–Crippen LogP) is 0.723. The van der Waals surface area contributed by atoms with Crippen molar-refractivity contribution in [3.05, 3.63) is 11.6 Å². The monoisotopic (exact) mass is 283 g/mol. The number of methoxy groups -OCH3 is 1. The highest BCUT2D eigenvalue weighted by Crippen LogP contribution is 2.02. The van der Waals surface area contributed by atoms with Gasteiger partial charge in [-0.15, -0.1) is 0 Å². The summed E-state index contributed by atoms with van der Waals surface area (Å²) in [6.07, 6.45) is 3.14. The number of hydrogen-bond donors (Lipinski definition) is 1. The predicted molar refractivity (Wildman–Crippen MR) is 81.8 cm³/mol. The van der Waals surface area contributed by atoms with E-state index in [-0.39, 0.29) is 5.91 Å². The fraction of sp³-hybridized carbons (Fsp3) is 0.800. The highest BCUT2D eigenvalue weighted by molar-refractivity contribution is 5.77. The van der Waals surface area contributed by atoms with Crippen molar-refractivity contribution in [2.45, 2.75) is 20.3 Å². The number of carbonyl (C=O) groups excluding carboxylic acids is 1. The number of piperazine rings is 1. The van der Waals surface area contributed by atoms with E-state index in [1.165, 1.54) is 5.57 Å². The lowest BCUT2D eigenvalue weighted by molar-refractivity contribution is -0.122. The number of carbonyl (C=O) groups is 1. The summed E-state index contributed by atoms with van der Waals surface area (Å²) in [5, 5.41) is 2.93. The summed E-state index contributed by atoms with van der Waals surface area (Å²) in [4.78, 5) is 16.4. The summed E-state index contributed by atoms with van der Waals surface area (Å²) in [6.45, 7) is 11.2. The third kappa shape index (κ3) is 7.62. The highest BCUT2D eigenvalue weighted by Gasteiger charge is 2.17. The van der Waals surface area contributed by atoms with Gasteiger partial charge < -0.3 is 10.1 Å². The molecule has 0 saturated carbocycles. The first kappa shape index (κ1) is 17.1. The molecule has 0 aromatic heterocycles. The molecule has 0 aromatic carbocycles. The van der Waals surface area contributed by atoms with E-state index < -0.39 is 0 Å². The highest BCUT2D eigenvalue weighted by atomic mass is 16.5. The Kier molecular flexibility index (Phi) is 8.49. The molecule has 5 heteroatoms. The first-order valence-electron chi connectivity index (χ1n) is 7.45. The molecule has 5 nitrogen and oxygen atoms in total. The average molecular weight is 283 g/mol. The topological polar surface area (TPSA) is 44.8 Å². The molecule has 0 aliphatic carbocycles. The van der Waals surface area contributed by atoms with E-state index in [2.05, 4.69) is 35.0 Å². The zero-order chi connectivity index (χ0) is 14.8. The van der Waals surface area contributed by atoms with E-state index in [9.17, 15) is 4.79 Å². The van der Waals surface area contributed by atoms with Crippen molar-refractivity contribution in [1.82, 2.24) is 15.1 Å². The van der Waals surface area contributed by atoms with Crippen LogP contribution in [0.25, 0.3) is 0 Å². The van der Waals surface area contributed by atoms with Gasteiger partial charge in [0, 0.05) is 53.0 Å². The van der Waals surface area contributed by atoms with Crippen LogP contribution in [0, 0.1) is 0 Å². The molecular weight excluding hydrogens is 254 g/mol. The summed E-state index contributed by atoms with van der Waals surface area (Å²) in [7, 11) is 1.68. The summed E-state index contributed by atoms with van der Waals surface area (Å²) in [5.74, 6) is 0.124. The van der Waals surface area contributed by atoms with Gasteiger partial charge in [-0.1, -0.05) is 11.6 Å². The van der Waals surface area contributed by atoms with Gasteiger partial charge in [-0.05, 0) is 20.3 Å². The van der Waals surface area contributed by atoms with Crippen LogP contribution in [0.5, 0.6) is 0 Å². The Hall–Kier alpha value is -0.910. The Bertz CT molecular complexity index is 306. The van der Waals surface area contributed by atoms with Crippen LogP contribution >= 0.6 is 0 Å². The van der Waals surface area contributed by atoms with Crippen molar-refractivity contribution in [2.24, 2.45) is 0 Å². The molecule has 116 valence electrons. The largest absolute Gasteiger partial charge is 0.385 e. The van der Waals surface area contributed by atoms with Crippen LogP contribution in [-0.4, -0.2) is 75.2 Å². The molecule has 1 saturated heterocycles. The molecular formula is C15H29N3O2. The number of rotatable bonds is 8. The Labute approximate surface area is 122 Å². The summed E-state index contributed by atoms with van der Waals surface area (Å²) < 4.78 is 4.95. The summed E-state index contributed by atoms with van der Waals surface area (Å²) >= 11 is 0. The Morgan fingerprint density at radius 1 is 1.20 bits per heavy atom. The maximum atomic E-state index is 11.8. The lowest BCUT2D eigenvalue weighted by atomic mass is 10.2. The van der Waals surface area contributed by atoms with Gasteiger partial charge in [0.15, 0.2) is 0 Å². The fourth-order valence-electron chi connectivity index (χ4n) is 2.14. The normalized spacial score (nSPS) is 16.9. The Morgan fingerprint density at radius 2 is 1.85 bits per heavy atom. The van der Waals surface area contributed by atoms with Crippen LogP contribution in [0.2, 0.25) is 0 Å². The van der Waals surface area contributed by atoms with Crippen LogP contribution in [0.4, 0.5) is 0 Å². The molecule has 0 unspecified atom stereocenters. The number of allylic oxidation sites excluding steroid dienone is 1. The minimum absolute atomic E-state index is 0.124. The van der Waals surface area contributed by atoms with Gasteiger partial charge in [0.25, 0.3) is 0 Å². The molecule has 1 rings (SSSR count). The molecule has 20 heavy (non-hydrogen) atoms. The first-order chi connectivity index (χ1) is 9.61. The minimum Gasteiger partial charge on any atom is -0.385 e. The average Bonchev–Trinajstić information content (AvgIpc) is 2.43. The second-order valence-corrected chi connectivity index (χ2v) is 5.55. The third-order valence-corrected chi connectivity index (χ3v) is 3.44. The van der Waals surface area contributed by atoms with E-state index >= 15 is 0 Å². The van der Waals surface area contributed by atoms with E-state index in [4.69, 9.17) is 4.74 Å². The number of nitrogens with one attached hydrogen (secondary N) is 1. The van der Waals surface area contributed by atoms with E-state index in [0.29, 0.717) is 19.7 Å². The van der Waals surface area contributed by atoms with E-state index in [0.717, 1.165) is 39.1 Å². The number of nitrogens with zero attached hydrogens (tertiary/aromatic N) is 2. The molecule has 1 aliphatic rings. The summed E-state index contributed by atoms with van der Waals surface area (Å²) in [5.41, 5.74) is 1.36. The molecule has 0 aromatic rings. The number of amides is 1. The lowest BCUT2D eigenvalue weighted by Gasteiger charge is -2.33. The van der Waals surface area contributed by atoms with Gasteiger partial charge in [0.05, 0.1) is 6.54 Å². The second-order valence-electron chi connectivity index (χ2n) is 5.55. The maximum Gasteiger partial charge on any atom is 0.234 e. The minimum atomic E-state index is 0.124. The molecule has 1 amide bonds. The van der Waals surface area contributed by atoms with Crippen LogP contribution in [0.1, 0.15) is 20.3 Å². The molecule has 1 N–H and O–H groups in total. The second kappa shape index (κ2) is 9.91. The molecule has 1 fully saturated rings. The quantitative estimate of drug-likeness (QED) is 0.527. The smallest absolute Gasteiger partial charge is 0.234 e. The van der Waals surface area contributed by atoms with Crippen molar-refractivity contribution < 1.29 is 9.53 Å². The molecule has 0 atom stereocenters. The van der Waals surface area contributed by atoms with Gasteiger partial charge in [0.1, 0.15) is 0 Å². The van der Waals surface area contributed by atoms with E-state index in [1.807, 2.05) is 0 Å². The Balaban J connectivity index is 2.12. The van der Waals surface area contributed by atoms with Crippen molar-refractivity contribution >= 4 is 5.91 Å². The van der Waals surface area contributed by atoms with Crippen molar-refractivity contribution in [2.75, 3.05) is 59.5 Å². The van der Waals surface area contributed by atoms with Gasteiger partial charge >= 0.3 is 0 Å². The SMILES string of the molecule is COCCCNC(=O)CN1CCN(CC=C(C)C)CC1. The van der Waals surface area contributed by atoms with Crippen molar-refractivity contribution in [3.8, 4) is 0 Å². The first-order valence-corrected chi connectivity index (χ1v) is 7.45. The van der Waals surface area contributed by atoms with Gasteiger partial charge in [0.2, 0.25) is 5.91 Å². The number of ether oxygens (including phenoxy) is 1. The van der Waals surface area contributed by atoms with Gasteiger partial charge in [-0.25, -0.2) is 0 Å².